The summed E-state index contributed by atoms with van der Waals surface area (Å²) in [4.78, 5) is 11.6. The van der Waals surface area contributed by atoms with Gasteiger partial charge in [0.25, 0.3) is 0 Å². The van der Waals surface area contributed by atoms with Crippen molar-refractivity contribution in [3.05, 3.63) is 23.3 Å². The zero-order valence-corrected chi connectivity index (χ0v) is 10.6. The number of carbonyl (C=O) groups excluding carboxylic acids is 1. The van der Waals surface area contributed by atoms with Crippen molar-refractivity contribution in [1.82, 2.24) is 5.32 Å². The summed E-state index contributed by atoms with van der Waals surface area (Å²) in [6, 6.07) is 4.34. The fraction of sp³-hybridized carbons (Fsp3) is 0.500. The number of fused-ring (bicyclic) bond motifs is 1. The molecule has 96 valence electrons. The number of carbonyl (C=O) groups is 1. The van der Waals surface area contributed by atoms with Crippen LogP contribution in [0.5, 0.6) is 5.75 Å². The third kappa shape index (κ3) is 1.97. The highest BCUT2D eigenvalue weighted by Crippen LogP contribution is 2.37. The van der Waals surface area contributed by atoms with Crippen molar-refractivity contribution in [3.63, 3.8) is 0 Å². The number of benzene rings is 1. The monoisotopic (exact) mass is 246 g/mol. The minimum absolute atomic E-state index is 0.0790. The summed E-state index contributed by atoms with van der Waals surface area (Å²) in [5.41, 5.74) is 3.23. The summed E-state index contributed by atoms with van der Waals surface area (Å²) in [5.74, 6) is 0.919. The molecule has 2 heterocycles. The number of ether oxygens (including phenoxy) is 1. The molecule has 0 spiro atoms. The topological polar surface area (TPSA) is 50.4 Å². The number of hydrogen-bond donors (Lipinski definition) is 2. The minimum atomic E-state index is 0.0790. The van der Waals surface area contributed by atoms with E-state index in [1.807, 2.05) is 12.1 Å². The molecule has 0 bridgehead atoms. The van der Waals surface area contributed by atoms with Gasteiger partial charge in [0.2, 0.25) is 5.91 Å². The molecule has 1 amide bonds. The van der Waals surface area contributed by atoms with E-state index in [2.05, 4.69) is 10.6 Å². The molecule has 2 N–H and O–H groups in total. The molecular formula is C14H18N2O2. The number of anilines is 1. The van der Waals surface area contributed by atoms with Gasteiger partial charge in [-0.3, -0.25) is 4.79 Å². The van der Waals surface area contributed by atoms with Crippen molar-refractivity contribution in [2.75, 3.05) is 19.0 Å². The van der Waals surface area contributed by atoms with Gasteiger partial charge in [-0.05, 0) is 42.6 Å². The molecule has 0 radical (unpaired) electrons. The summed E-state index contributed by atoms with van der Waals surface area (Å²) in [7, 11) is 1.67. The highest BCUT2D eigenvalue weighted by Gasteiger charge is 2.26. The van der Waals surface area contributed by atoms with E-state index in [-0.39, 0.29) is 5.91 Å². The Bertz CT molecular complexity index is 479. The second-order valence-electron chi connectivity index (χ2n) is 4.98. The van der Waals surface area contributed by atoms with E-state index in [9.17, 15) is 4.79 Å². The molecule has 1 fully saturated rings. The van der Waals surface area contributed by atoms with Gasteiger partial charge in [0.1, 0.15) is 5.75 Å². The summed E-state index contributed by atoms with van der Waals surface area (Å²) < 4.78 is 5.34. The first-order valence-corrected chi connectivity index (χ1v) is 6.52. The number of nitrogens with one attached hydrogen (secondary N) is 2. The van der Waals surface area contributed by atoms with Crippen LogP contribution in [0.1, 0.15) is 36.4 Å². The van der Waals surface area contributed by atoms with E-state index < -0.39 is 0 Å². The largest absolute Gasteiger partial charge is 0.497 e. The van der Waals surface area contributed by atoms with Crippen LogP contribution in [0.15, 0.2) is 12.1 Å². The Morgan fingerprint density at radius 3 is 2.94 bits per heavy atom. The molecule has 0 aliphatic carbocycles. The Balaban J connectivity index is 2.01. The van der Waals surface area contributed by atoms with Gasteiger partial charge >= 0.3 is 0 Å². The van der Waals surface area contributed by atoms with E-state index in [0.29, 0.717) is 12.5 Å². The lowest BCUT2D eigenvalue weighted by Gasteiger charge is -2.26. The number of amides is 1. The standard InChI is InChI=1S/C14H18N2O2/c1-18-10-6-9-7-13(17)16-14(9)11(8-10)12-4-2-3-5-15-12/h6,8,12,15H,2-5,7H2,1H3,(H,16,17). The zero-order valence-electron chi connectivity index (χ0n) is 10.6. The third-order valence-corrected chi connectivity index (χ3v) is 3.76. The fourth-order valence-corrected chi connectivity index (χ4v) is 2.85. The van der Waals surface area contributed by atoms with Crippen LogP contribution in [0.25, 0.3) is 0 Å². The molecule has 2 aliphatic rings. The average Bonchev–Trinajstić information content (AvgIpc) is 2.78. The van der Waals surface area contributed by atoms with Gasteiger partial charge in [-0.1, -0.05) is 6.42 Å². The lowest BCUT2D eigenvalue weighted by Crippen LogP contribution is -2.27. The van der Waals surface area contributed by atoms with Crippen LogP contribution in [0, 0.1) is 0 Å². The molecule has 1 atom stereocenters. The summed E-state index contributed by atoms with van der Waals surface area (Å²) in [6.07, 6.45) is 4.05. The lowest BCUT2D eigenvalue weighted by atomic mass is 9.94. The van der Waals surface area contributed by atoms with E-state index in [1.54, 1.807) is 7.11 Å². The quantitative estimate of drug-likeness (QED) is 0.839. The normalized spacial score (nSPS) is 22.5. The number of methoxy groups -OCH3 is 1. The van der Waals surface area contributed by atoms with Gasteiger partial charge in [0.05, 0.1) is 13.5 Å². The first-order valence-electron chi connectivity index (χ1n) is 6.52. The molecule has 3 rings (SSSR count). The van der Waals surface area contributed by atoms with Crippen molar-refractivity contribution in [2.45, 2.75) is 31.7 Å². The average molecular weight is 246 g/mol. The molecule has 4 nitrogen and oxygen atoms in total. The molecule has 0 aromatic heterocycles. The second-order valence-corrected chi connectivity index (χ2v) is 4.98. The van der Waals surface area contributed by atoms with Crippen molar-refractivity contribution in [2.24, 2.45) is 0 Å². The Morgan fingerprint density at radius 2 is 2.22 bits per heavy atom. The lowest BCUT2D eigenvalue weighted by molar-refractivity contribution is -0.115. The SMILES string of the molecule is COc1cc2c(c(C3CCCCN3)c1)NC(=O)C2. The van der Waals surface area contributed by atoms with Crippen LogP contribution in [0.3, 0.4) is 0 Å². The summed E-state index contributed by atoms with van der Waals surface area (Å²) >= 11 is 0. The number of hydrogen-bond acceptors (Lipinski definition) is 3. The Labute approximate surface area is 107 Å². The Morgan fingerprint density at radius 1 is 1.33 bits per heavy atom. The van der Waals surface area contributed by atoms with Gasteiger partial charge in [0.15, 0.2) is 0 Å². The predicted octanol–water partition coefficient (Wildman–Crippen LogP) is 2.00. The highest BCUT2D eigenvalue weighted by atomic mass is 16.5. The van der Waals surface area contributed by atoms with Crippen LogP contribution < -0.4 is 15.4 Å². The van der Waals surface area contributed by atoms with Gasteiger partial charge in [-0.15, -0.1) is 0 Å². The first-order chi connectivity index (χ1) is 8.78. The Kier molecular flexibility index (Phi) is 2.96. The van der Waals surface area contributed by atoms with Crippen molar-refractivity contribution >= 4 is 11.6 Å². The van der Waals surface area contributed by atoms with Gasteiger partial charge < -0.3 is 15.4 Å². The molecule has 4 heteroatoms. The maximum Gasteiger partial charge on any atom is 0.228 e. The highest BCUT2D eigenvalue weighted by molar-refractivity contribution is 6.00. The maximum absolute atomic E-state index is 11.6. The molecule has 1 saturated heterocycles. The van der Waals surface area contributed by atoms with Gasteiger partial charge in [0, 0.05) is 11.7 Å². The van der Waals surface area contributed by atoms with Crippen molar-refractivity contribution in [3.8, 4) is 5.75 Å². The van der Waals surface area contributed by atoms with Crippen LogP contribution in [0.4, 0.5) is 5.69 Å². The third-order valence-electron chi connectivity index (χ3n) is 3.76. The van der Waals surface area contributed by atoms with Crippen LogP contribution in [0.2, 0.25) is 0 Å². The smallest absolute Gasteiger partial charge is 0.228 e. The first kappa shape index (κ1) is 11.5. The number of piperidine rings is 1. The minimum Gasteiger partial charge on any atom is -0.497 e. The molecule has 18 heavy (non-hydrogen) atoms. The summed E-state index contributed by atoms with van der Waals surface area (Å²) in [5, 5.41) is 6.50. The van der Waals surface area contributed by atoms with E-state index in [1.165, 1.54) is 18.4 Å². The molecule has 2 aliphatic heterocycles. The molecule has 0 saturated carbocycles. The second kappa shape index (κ2) is 4.61. The maximum atomic E-state index is 11.6. The van der Waals surface area contributed by atoms with Crippen molar-refractivity contribution < 1.29 is 9.53 Å². The molecular weight excluding hydrogens is 228 g/mol. The van der Waals surface area contributed by atoms with E-state index in [4.69, 9.17) is 4.74 Å². The van der Waals surface area contributed by atoms with E-state index >= 15 is 0 Å². The van der Waals surface area contributed by atoms with Gasteiger partial charge in [-0.25, -0.2) is 0 Å². The predicted molar refractivity (Wildman–Crippen MR) is 69.9 cm³/mol. The van der Waals surface area contributed by atoms with E-state index in [0.717, 1.165) is 30.0 Å². The molecule has 1 aromatic carbocycles. The van der Waals surface area contributed by atoms with Crippen LogP contribution in [-0.2, 0) is 11.2 Å². The van der Waals surface area contributed by atoms with Crippen molar-refractivity contribution in [1.29, 1.82) is 0 Å². The van der Waals surface area contributed by atoms with Crippen LogP contribution in [-0.4, -0.2) is 19.6 Å². The fourth-order valence-electron chi connectivity index (χ4n) is 2.85. The van der Waals surface area contributed by atoms with Gasteiger partial charge in [-0.2, -0.15) is 0 Å². The Hall–Kier alpha value is -1.55. The molecule has 1 aromatic rings. The number of rotatable bonds is 2. The zero-order chi connectivity index (χ0) is 12.5. The van der Waals surface area contributed by atoms with Crippen LogP contribution >= 0.6 is 0 Å². The summed E-state index contributed by atoms with van der Waals surface area (Å²) in [6.45, 7) is 1.05. The molecule has 1 unspecified atom stereocenters.